The Balaban J connectivity index is 1.64. The highest BCUT2D eigenvalue weighted by molar-refractivity contribution is 7.99. The van der Waals surface area contributed by atoms with Crippen LogP contribution in [0.5, 0.6) is 0 Å². The average Bonchev–Trinajstić information content (AvgIpc) is 2.28. The normalized spacial score (nSPS) is 42.9. The molecule has 1 aliphatic carbocycles. The molecule has 2 N–H and O–H groups in total. The molecule has 2 saturated heterocycles. The van der Waals surface area contributed by atoms with Crippen LogP contribution in [0.15, 0.2) is 0 Å². The van der Waals surface area contributed by atoms with Gasteiger partial charge < -0.3 is 10.5 Å². The Morgan fingerprint density at radius 1 is 1.12 bits per heavy atom. The van der Waals surface area contributed by atoms with Gasteiger partial charge in [0.25, 0.3) is 0 Å². The molecule has 3 aliphatic rings. The Morgan fingerprint density at radius 2 is 1.94 bits per heavy atom. The van der Waals surface area contributed by atoms with Gasteiger partial charge in [-0.3, -0.25) is 0 Å². The topological polar surface area (TPSA) is 35.2 Å². The van der Waals surface area contributed by atoms with E-state index >= 15 is 0 Å². The first kappa shape index (κ1) is 11.4. The van der Waals surface area contributed by atoms with E-state index in [9.17, 15) is 0 Å². The van der Waals surface area contributed by atoms with Crippen molar-refractivity contribution < 1.29 is 4.74 Å². The highest BCUT2D eigenvalue weighted by Gasteiger charge is 2.44. The van der Waals surface area contributed by atoms with Crippen LogP contribution in [-0.4, -0.2) is 29.8 Å². The van der Waals surface area contributed by atoms with Crippen LogP contribution in [0.4, 0.5) is 0 Å². The van der Waals surface area contributed by atoms with E-state index in [0.717, 1.165) is 18.4 Å². The lowest BCUT2D eigenvalue weighted by molar-refractivity contribution is -0.118. The van der Waals surface area contributed by atoms with Crippen molar-refractivity contribution in [2.24, 2.45) is 17.6 Å². The monoisotopic (exact) mass is 241 g/mol. The first-order valence-corrected chi connectivity index (χ1v) is 7.92. The van der Waals surface area contributed by atoms with Gasteiger partial charge in [0.05, 0.1) is 5.60 Å². The van der Waals surface area contributed by atoms with Gasteiger partial charge in [-0.15, -0.1) is 0 Å². The third-order valence-corrected chi connectivity index (χ3v) is 5.91. The molecule has 3 atom stereocenters. The van der Waals surface area contributed by atoms with Gasteiger partial charge in [-0.2, -0.15) is 11.8 Å². The Morgan fingerprint density at radius 3 is 2.56 bits per heavy atom. The fourth-order valence-electron chi connectivity index (χ4n) is 3.66. The fraction of sp³-hybridized carbons (Fsp3) is 1.00. The van der Waals surface area contributed by atoms with Gasteiger partial charge in [0, 0.05) is 12.6 Å². The predicted molar refractivity (Wildman–Crippen MR) is 68.7 cm³/mol. The SMILES string of the molecule is NC1CCC1C1CCOC2(CCSCC2)C1. The smallest absolute Gasteiger partial charge is 0.0701 e. The summed E-state index contributed by atoms with van der Waals surface area (Å²) in [4.78, 5) is 0. The molecule has 1 saturated carbocycles. The highest BCUT2D eigenvalue weighted by atomic mass is 32.2. The molecule has 2 nitrogen and oxygen atoms in total. The van der Waals surface area contributed by atoms with Crippen LogP contribution in [0, 0.1) is 11.8 Å². The van der Waals surface area contributed by atoms with Crippen LogP contribution >= 0.6 is 11.8 Å². The van der Waals surface area contributed by atoms with Crippen LogP contribution in [0.2, 0.25) is 0 Å². The molecule has 92 valence electrons. The van der Waals surface area contributed by atoms with Crippen molar-refractivity contribution in [2.75, 3.05) is 18.1 Å². The minimum atomic E-state index is 0.253. The molecule has 3 rings (SSSR count). The zero-order chi connectivity index (χ0) is 11.0. The van der Waals surface area contributed by atoms with Gasteiger partial charge in [0.1, 0.15) is 0 Å². The van der Waals surface area contributed by atoms with Crippen molar-refractivity contribution in [2.45, 2.75) is 50.2 Å². The molecule has 3 unspecified atom stereocenters. The highest BCUT2D eigenvalue weighted by Crippen LogP contribution is 2.46. The summed E-state index contributed by atoms with van der Waals surface area (Å²) < 4.78 is 6.14. The molecule has 0 radical (unpaired) electrons. The number of ether oxygens (including phenoxy) is 1. The molecule has 3 heteroatoms. The van der Waals surface area contributed by atoms with Gasteiger partial charge >= 0.3 is 0 Å². The van der Waals surface area contributed by atoms with E-state index in [4.69, 9.17) is 10.5 Å². The summed E-state index contributed by atoms with van der Waals surface area (Å²) in [6.07, 6.45) is 7.73. The van der Waals surface area contributed by atoms with E-state index in [-0.39, 0.29) is 5.60 Å². The maximum atomic E-state index is 6.14. The summed E-state index contributed by atoms with van der Waals surface area (Å²) in [5, 5.41) is 0. The maximum absolute atomic E-state index is 6.14. The average molecular weight is 241 g/mol. The number of nitrogens with two attached hydrogens (primary N) is 1. The second-order valence-electron chi connectivity index (χ2n) is 5.80. The summed E-state index contributed by atoms with van der Waals surface area (Å²) in [6, 6.07) is 0.498. The Hall–Kier alpha value is 0.270. The zero-order valence-corrected chi connectivity index (χ0v) is 10.8. The molecular formula is C13H23NOS. The molecule has 3 fully saturated rings. The summed E-state index contributed by atoms with van der Waals surface area (Å²) in [5.74, 6) is 4.27. The van der Waals surface area contributed by atoms with Gasteiger partial charge in [0.15, 0.2) is 0 Å². The van der Waals surface area contributed by atoms with Gasteiger partial charge in [-0.1, -0.05) is 0 Å². The Labute approximate surface area is 103 Å². The molecule has 2 aliphatic heterocycles. The van der Waals surface area contributed by atoms with Crippen LogP contribution in [0.1, 0.15) is 38.5 Å². The van der Waals surface area contributed by atoms with E-state index in [1.165, 1.54) is 50.0 Å². The molecule has 0 aromatic carbocycles. The number of thioether (sulfide) groups is 1. The second-order valence-corrected chi connectivity index (χ2v) is 7.03. The minimum absolute atomic E-state index is 0.253. The summed E-state index contributed by atoms with van der Waals surface area (Å²) >= 11 is 2.09. The molecular weight excluding hydrogens is 218 g/mol. The van der Waals surface area contributed by atoms with E-state index in [2.05, 4.69) is 11.8 Å². The van der Waals surface area contributed by atoms with E-state index < -0.39 is 0 Å². The van der Waals surface area contributed by atoms with Gasteiger partial charge in [0.2, 0.25) is 0 Å². The second kappa shape index (κ2) is 4.51. The van der Waals surface area contributed by atoms with Crippen molar-refractivity contribution in [3.63, 3.8) is 0 Å². The van der Waals surface area contributed by atoms with Crippen molar-refractivity contribution in [3.05, 3.63) is 0 Å². The lowest BCUT2D eigenvalue weighted by Crippen LogP contribution is -2.50. The van der Waals surface area contributed by atoms with E-state index in [1.807, 2.05) is 0 Å². The standard InChI is InChI=1S/C13H23NOS/c14-12-2-1-11(12)10-3-6-15-13(9-10)4-7-16-8-5-13/h10-12H,1-9,14H2. The van der Waals surface area contributed by atoms with Crippen LogP contribution in [-0.2, 0) is 4.74 Å². The van der Waals surface area contributed by atoms with Crippen LogP contribution in [0.3, 0.4) is 0 Å². The Bertz CT molecular complexity index is 247. The summed E-state index contributed by atoms with van der Waals surface area (Å²) in [5.41, 5.74) is 6.38. The van der Waals surface area contributed by atoms with Gasteiger partial charge in [-0.25, -0.2) is 0 Å². The molecule has 0 bridgehead atoms. The first-order chi connectivity index (χ1) is 7.79. The number of rotatable bonds is 1. The maximum Gasteiger partial charge on any atom is 0.0701 e. The minimum Gasteiger partial charge on any atom is -0.375 e. The Kier molecular flexibility index (Phi) is 3.20. The number of hydrogen-bond donors (Lipinski definition) is 1. The van der Waals surface area contributed by atoms with Crippen molar-refractivity contribution in [1.82, 2.24) is 0 Å². The third-order valence-electron chi connectivity index (χ3n) is 4.92. The van der Waals surface area contributed by atoms with E-state index in [0.29, 0.717) is 6.04 Å². The fourth-order valence-corrected chi connectivity index (χ4v) is 4.90. The van der Waals surface area contributed by atoms with Crippen molar-refractivity contribution in [1.29, 1.82) is 0 Å². The molecule has 0 aromatic heterocycles. The third kappa shape index (κ3) is 2.02. The van der Waals surface area contributed by atoms with Crippen molar-refractivity contribution in [3.8, 4) is 0 Å². The van der Waals surface area contributed by atoms with Gasteiger partial charge in [-0.05, 0) is 61.9 Å². The molecule has 0 aromatic rings. The lowest BCUT2D eigenvalue weighted by atomic mass is 9.66. The van der Waals surface area contributed by atoms with Crippen molar-refractivity contribution >= 4 is 11.8 Å². The first-order valence-electron chi connectivity index (χ1n) is 6.76. The quantitative estimate of drug-likeness (QED) is 0.766. The summed E-state index contributed by atoms with van der Waals surface area (Å²) in [6.45, 7) is 0.985. The zero-order valence-electron chi connectivity index (χ0n) is 9.99. The largest absolute Gasteiger partial charge is 0.375 e. The van der Waals surface area contributed by atoms with Crippen LogP contribution in [0.25, 0.3) is 0 Å². The molecule has 16 heavy (non-hydrogen) atoms. The van der Waals surface area contributed by atoms with E-state index in [1.54, 1.807) is 0 Å². The summed E-state index contributed by atoms with van der Waals surface area (Å²) in [7, 11) is 0. The molecule has 0 amide bonds. The van der Waals surface area contributed by atoms with Crippen LogP contribution < -0.4 is 5.73 Å². The number of hydrogen-bond acceptors (Lipinski definition) is 3. The molecule has 2 heterocycles. The predicted octanol–water partition coefficient (Wildman–Crippen LogP) is 2.42. The molecule has 1 spiro atoms. The lowest BCUT2D eigenvalue weighted by Gasteiger charge is -2.49.